The summed E-state index contributed by atoms with van der Waals surface area (Å²) in [4.78, 5) is 26.6. The second kappa shape index (κ2) is 6.02. The van der Waals surface area contributed by atoms with E-state index in [4.69, 9.17) is 0 Å². The van der Waals surface area contributed by atoms with E-state index in [9.17, 15) is 9.59 Å². The van der Waals surface area contributed by atoms with E-state index in [1.54, 1.807) is 0 Å². The third-order valence-electron chi connectivity index (χ3n) is 5.93. The summed E-state index contributed by atoms with van der Waals surface area (Å²) in [5.41, 5.74) is 5.86. The van der Waals surface area contributed by atoms with E-state index >= 15 is 0 Å². The zero-order valence-corrected chi connectivity index (χ0v) is 17.4. The number of allylic oxidation sites excluding steroid dienone is 3. The van der Waals surface area contributed by atoms with Crippen molar-refractivity contribution in [1.29, 1.82) is 0 Å². The Hall–Kier alpha value is -2.46. The maximum Gasteiger partial charge on any atom is 0.192 e. The van der Waals surface area contributed by atoms with E-state index < -0.39 is 0 Å². The molecule has 0 radical (unpaired) electrons. The maximum absolute atomic E-state index is 13.3. The molecule has 1 heterocycles. The Morgan fingerprint density at radius 2 is 1.61 bits per heavy atom. The molecule has 3 aliphatic rings. The van der Waals surface area contributed by atoms with E-state index in [1.165, 1.54) is 0 Å². The van der Waals surface area contributed by atoms with Crippen LogP contribution in [0.15, 0.2) is 69.8 Å². The van der Waals surface area contributed by atoms with Crippen molar-refractivity contribution in [2.24, 2.45) is 5.41 Å². The Balaban J connectivity index is 1.75. The number of carbonyl (C=O) groups excluding carboxylic acids is 2. The molecule has 4 heteroatoms. The highest BCUT2D eigenvalue weighted by Crippen LogP contribution is 2.51. The lowest BCUT2D eigenvalue weighted by Crippen LogP contribution is -2.37. The molecule has 0 spiro atoms. The molecule has 0 saturated carbocycles. The lowest BCUT2D eigenvalue weighted by molar-refractivity contribution is -0.118. The minimum absolute atomic E-state index is 0.0233. The number of fused-ring (bicyclic) bond motifs is 2. The summed E-state index contributed by atoms with van der Waals surface area (Å²) in [6.07, 6.45) is 1.30. The van der Waals surface area contributed by atoms with Gasteiger partial charge in [-0.2, -0.15) is 0 Å². The summed E-state index contributed by atoms with van der Waals surface area (Å²) in [5.74, 6) is -0.153. The van der Waals surface area contributed by atoms with Gasteiger partial charge in [-0.05, 0) is 29.5 Å². The standard InChI is InChI=1S/C24H20BrNO2/c1-24(2)11-17-20(18(27)12-24)19(13-7-9-14(25)10-8-13)21-22(26-17)15-5-3-4-6-16(15)23(21)28/h3-10,19,26H,11-12H2,1-2H3. The monoisotopic (exact) mass is 433 g/mol. The molecule has 0 bridgehead atoms. The van der Waals surface area contributed by atoms with E-state index in [0.717, 1.165) is 39.0 Å². The molecule has 28 heavy (non-hydrogen) atoms. The zero-order valence-electron chi connectivity index (χ0n) is 15.8. The summed E-state index contributed by atoms with van der Waals surface area (Å²) in [7, 11) is 0. The van der Waals surface area contributed by atoms with Crippen molar-refractivity contribution in [1.82, 2.24) is 5.32 Å². The molecule has 0 fully saturated rings. The highest BCUT2D eigenvalue weighted by Gasteiger charge is 2.46. The molecule has 1 N–H and O–H groups in total. The van der Waals surface area contributed by atoms with Crippen LogP contribution in [0.5, 0.6) is 0 Å². The van der Waals surface area contributed by atoms with Crippen LogP contribution in [0.1, 0.15) is 54.1 Å². The van der Waals surface area contributed by atoms with Crippen molar-refractivity contribution in [3.05, 3.63) is 86.5 Å². The van der Waals surface area contributed by atoms with Crippen LogP contribution < -0.4 is 5.32 Å². The summed E-state index contributed by atoms with van der Waals surface area (Å²) in [6.45, 7) is 4.26. The fraction of sp³-hybridized carbons (Fsp3) is 0.250. The van der Waals surface area contributed by atoms with Gasteiger partial charge in [0.25, 0.3) is 0 Å². The zero-order chi connectivity index (χ0) is 19.6. The Morgan fingerprint density at radius 1 is 0.929 bits per heavy atom. The first kappa shape index (κ1) is 17.6. The highest BCUT2D eigenvalue weighted by molar-refractivity contribution is 9.10. The van der Waals surface area contributed by atoms with Crippen LogP contribution in [0, 0.1) is 5.41 Å². The van der Waals surface area contributed by atoms with Gasteiger partial charge in [-0.15, -0.1) is 0 Å². The number of Topliss-reactive ketones (excluding diaryl/α,β-unsaturated/α-hetero) is 2. The van der Waals surface area contributed by atoms with Gasteiger partial charge in [-0.25, -0.2) is 0 Å². The summed E-state index contributed by atoms with van der Waals surface area (Å²) >= 11 is 3.49. The van der Waals surface area contributed by atoms with Gasteiger partial charge in [-0.1, -0.05) is 66.2 Å². The highest BCUT2D eigenvalue weighted by atomic mass is 79.9. The first-order valence-electron chi connectivity index (χ1n) is 9.53. The number of hydrogen-bond donors (Lipinski definition) is 1. The summed E-state index contributed by atoms with van der Waals surface area (Å²) in [6, 6.07) is 15.7. The molecule has 2 aromatic carbocycles. The van der Waals surface area contributed by atoms with Crippen LogP contribution in [-0.4, -0.2) is 11.6 Å². The number of dihydropyridines is 1. The lowest BCUT2D eigenvalue weighted by Gasteiger charge is -2.39. The number of hydrogen-bond acceptors (Lipinski definition) is 3. The fourth-order valence-electron chi connectivity index (χ4n) is 4.78. The molecule has 1 atom stereocenters. The van der Waals surface area contributed by atoms with E-state index in [2.05, 4.69) is 35.1 Å². The first-order chi connectivity index (χ1) is 13.4. The quantitative estimate of drug-likeness (QED) is 0.655. The molecule has 3 nitrogen and oxygen atoms in total. The van der Waals surface area contributed by atoms with Gasteiger partial charge in [0.15, 0.2) is 11.6 Å². The number of halogens is 1. The molecular formula is C24H20BrNO2. The third kappa shape index (κ3) is 2.55. The minimum Gasteiger partial charge on any atom is -0.358 e. The van der Waals surface area contributed by atoms with Crippen molar-refractivity contribution in [3.8, 4) is 0 Å². The molecule has 0 aromatic heterocycles. The number of ketones is 2. The molecule has 2 aliphatic carbocycles. The Bertz CT molecular complexity index is 1110. The van der Waals surface area contributed by atoms with Gasteiger partial charge in [-0.3, -0.25) is 9.59 Å². The van der Waals surface area contributed by atoms with Crippen LogP contribution in [0.4, 0.5) is 0 Å². The molecule has 1 unspecified atom stereocenters. The van der Waals surface area contributed by atoms with Gasteiger partial charge in [0.2, 0.25) is 0 Å². The fourth-order valence-corrected chi connectivity index (χ4v) is 5.04. The minimum atomic E-state index is -0.317. The van der Waals surface area contributed by atoms with Crippen LogP contribution in [0.2, 0.25) is 0 Å². The molecule has 140 valence electrons. The summed E-state index contributed by atoms with van der Waals surface area (Å²) < 4.78 is 0.978. The molecular weight excluding hydrogens is 414 g/mol. The number of nitrogens with one attached hydrogen (secondary N) is 1. The average molecular weight is 434 g/mol. The van der Waals surface area contributed by atoms with Crippen LogP contribution in [0.3, 0.4) is 0 Å². The van der Waals surface area contributed by atoms with Gasteiger partial charge in [0, 0.05) is 44.8 Å². The van der Waals surface area contributed by atoms with Crippen LogP contribution in [0.25, 0.3) is 5.70 Å². The van der Waals surface area contributed by atoms with Gasteiger partial charge in [0.05, 0.1) is 5.70 Å². The second-order valence-corrected chi connectivity index (χ2v) is 9.52. The van der Waals surface area contributed by atoms with Crippen molar-refractivity contribution in [2.45, 2.75) is 32.6 Å². The van der Waals surface area contributed by atoms with Crippen molar-refractivity contribution >= 4 is 33.2 Å². The predicted octanol–water partition coefficient (Wildman–Crippen LogP) is 5.39. The van der Waals surface area contributed by atoms with Crippen molar-refractivity contribution in [2.75, 3.05) is 0 Å². The van der Waals surface area contributed by atoms with Crippen molar-refractivity contribution < 1.29 is 9.59 Å². The topological polar surface area (TPSA) is 46.2 Å². The van der Waals surface area contributed by atoms with Gasteiger partial charge < -0.3 is 5.32 Å². The van der Waals surface area contributed by atoms with Crippen LogP contribution >= 0.6 is 15.9 Å². The van der Waals surface area contributed by atoms with E-state index in [0.29, 0.717) is 17.6 Å². The third-order valence-corrected chi connectivity index (χ3v) is 6.46. The molecule has 0 amide bonds. The largest absolute Gasteiger partial charge is 0.358 e. The molecule has 5 rings (SSSR count). The average Bonchev–Trinajstić information content (AvgIpc) is 2.93. The lowest BCUT2D eigenvalue weighted by atomic mass is 9.68. The van der Waals surface area contributed by atoms with E-state index in [-0.39, 0.29) is 22.9 Å². The number of benzene rings is 2. The molecule has 0 saturated heterocycles. The van der Waals surface area contributed by atoms with Gasteiger partial charge >= 0.3 is 0 Å². The number of rotatable bonds is 1. The predicted molar refractivity (Wildman–Crippen MR) is 113 cm³/mol. The van der Waals surface area contributed by atoms with Crippen LogP contribution in [-0.2, 0) is 4.79 Å². The Labute approximate surface area is 172 Å². The second-order valence-electron chi connectivity index (χ2n) is 8.61. The summed E-state index contributed by atoms with van der Waals surface area (Å²) in [5, 5.41) is 3.51. The Kier molecular flexibility index (Phi) is 3.79. The van der Waals surface area contributed by atoms with Crippen molar-refractivity contribution in [3.63, 3.8) is 0 Å². The number of carbonyl (C=O) groups is 2. The molecule has 1 aliphatic heterocycles. The maximum atomic E-state index is 13.3. The van der Waals surface area contributed by atoms with Gasteiger partial charge in [0.1, 0.15) is 0 Å². The smallest absolute Gasteiger partial charge is 0.192 e. The van der Waals surface area contributed by atoms with E-state index in [1.807, 2.05) is 48.5 Å². The first-order valence-corrected chi connectivity index (χ1v) is 10.3. The normalized spacial score (nSPS) is 22.6. The molecule has 2 aromatic rings. The Morgan fingerprint density at radius 3 is 2.32 bits per heavy atom. The SMILES string of the molecule is CC1(C)CC(=O)C2=C(C1)NC1=C(C(=O)c3ccccc31)C2c1ccc(Br)cc1.